The Morgan fingerprint density at radius 1 is 1.22 bits per heavy atom. The molecule has 0 atom stereocenters. The topological polar surface area (TPSA) is 127 Å². The van der Waals surface area contributed by atoms with E-state index in [1.165, 1.54) is 12.1 Å². The van der Waals surface area contributed by atoms with Crippen molar-refractivity contribution < 1.29 is 22.7 Å². The van der Waals surface area contributed by atoms with Crippen molar-refractivity contribution in [1.29, 1.82) is 0 Å². The van der Waals surface area contributed by atoms with Crippen molar-refractivity contribution in [1.82, 2.24) is 9.97 Å². The van der Waals surface area contributed by atoms with Gasteiger partial charge in [-0.25, -0.2) is 13.4 Å². The minimum absolute atomic E-state index is 0.0585. The molecule has 0 bridgehead atoms. The average Bonchev–Trinajstić information content (AvgIpc) is 3.22. The molecule has 4 rings (SSSR count). The molecule has 9 nitrogen and oxygen atoms in total. The lowest BCUT2D eigenvalue weighted by Gasteiger charge is -2.07. The molecule has 0 spiro atoms. The first-order chi connectivity index (χ1) is 15.2. The van der Waals surface area contributed by atoms with Gasteiger partial charge in [0, 0.05) is 16.8 Å². The van der Waals surface area contributed by atoms with Crippen LogP contribution in [0.2, 0.25) is 5.02 Å². The number of ether oxygens (including phenoxy) is 2. The van der Waals surface area contributed by atoms with Crippen LogP contribution >= 0.6 is 23.4 Å². The average molecular weight is 494 g/mol. The number of sulfone groups is 1. The molecule has 0 fully saturated rings. The first-order valence-corrected chi connectivity index (χ1v) is 12.0. The molecule has 2 heterocycles. The van der Waals surface area contributed by atoms with E-state index < -0.39 is 20.3 Å². The number of nitrogens with one attached hydrogen (secondary N) is 2. The van der Waals surface area contributed by atoms with Crippen LogP contribution in [0.3, 0.4) is 0 Å². The van der Waals surface area contributed by atoms with E-state index in [9.17, 15) is 18.0 Å². The van der Waals surface area contributed by atoms with Gasteiger partial charge in [-0.2, -0.15) is 0 Å². The second-order valence-corrected chi connectivity index (χ2v) is 9.99. The summed E-state index contributed by atoms with van der Waals surface area (Å²) in [5.41, 5.74) is 0.401. The number of aromatic amines is 1. The van der Waals surface area contributed by atoms with Gasteiger partial charge in [-0.05, 0) is 36.8 Å². The molecule has 166 valence electrons. The summed E-state index contributed by atoms with van der Waals surface area (Å²) < 4.78 is 36.0. The number of hydrogen-bond donors (Lipinski definition) is 2. The predicted molar refractivity (Wildman–Crippen MR) is 118 cm³/mol. The molecule has 1 aromatic heterocycles. The Morgan fingerprint density at radius 2 is 2.00 bits per heavy atom. The van der Waals surface area contributed by atoms with Gasteiger partial charge in [-0.3, -0.25) is 9.59 Å². The van der Waals surface area contributed by atoms with Gasteiger partial charge in [-0.1, -0.05) is 29.4 Å². The van der Waals surface area contributed by atoms with E-state index >= 15 is 0 Å². The molecule has 2 N–H and O–H groups in total. The van der Waals surface area contributed by atoms with E-state index in [-0.39, 0.29) is 33.5 Å². The smallest absolute Gasteiger partial charge is 0.270 e. The van der Waals surface area contributed by atoms with E-state index in [1.54, 1.807) is 31.2 Å². The summed E-state index contributed by atoms with van der Waals surface area (Å²) in [5.74, 6) is 0.731. The maximum absolute atomic E-state index is 12.8. The number of fused-ring (bicyclic) bond motifs is 1. The maximum Gasteiger partial charge on any atom is 0.270 e. The second-order valence-electron chi connectivity index (χ2n) is 6.70. The molecule has 0 aliphatic carbocycles. The van der Waals surface area contributed by atoms with Crippen LogP contribution in [0.4, 0.5) is 5.69 Å². The third-order valence-corrected chi connectivity index (χ3v) is 7.52. The first-order valence-electron chi connectivity index (χ1n) is 9.17. The molecule has 1 amide bonds. The van der Waals surface area contributed by atoms with Gasteiger partial charge in [0.1, 0.15) is 0 Å². The van der Waals surface area contributed by atoms with Crippen LogP contribution in [0.15, 0.2) is 62.3 Å². The van der Waals surface area contributed by atoms with E-state index in [1.807, 2.05) is 0 Å². The number of benzene rings is 2. The molecule has 0 saturated heterocycles. The molecular weight excluding hydrogens is 478 g/mol. The minimum atomic E-state index is -4.10. The Balaban J connectivity index is 1.43. The van der Waals surface area contributed by atoms with E-state index in [0.29, 0.717) is 22.7 Å². The van der Waals surface area contributed by atoms with Crippen LogP contribution in [0.25, 0.3) is 0 Å². The van der Waals surface area contributed by atoms with Crippen molar-refractivity contribution >= 4 is 44.8 Å². The van der Waals surface area contributed by atoms with Crippen molar-refractivity contribution in [2.75, 3.05) is 17.9 Å². The van der Waals surface area contributed by atoms with Gasteiger partial charge in [0.05, 0.1) is 16.8 Å². The van der Waals surface area contributed by atoms with Gasteiger partial charge in [0.15, 0.2) is 21.6 Å². The van der Waals surface area contributed by atoms with Crippen molar-refractivity contribution in [3.05, 3.63) is 63.5 Å². The number of H-pyrrole nitrogens is 1. The molecule has 0 saturated carbocycles. The van der Waals surface area contributed by atoms with Crippen LogP contribution in [0.1, 0.15) is 5.56 Å². The van der Waals surface area contributed by atoms with E-state index in [4.69, 9.17) is 21.1 Å². The molecule has 3 aromatic rings. The van der Waals surface area contributed by atoms with Gasteiger partial charge >= 0.3 is 0 Å². The number of carbonyl (C=O) groups excluding carboxylic acids is 1. The van der Waals surface area contributed by atoms with Crippen LogP contribution in [-0.4, -0.2) is 36.8 Å². The third-order valence-electron chi connectivity index (χ3n) is 4.48. The minimum Gasteiger partial charge on any atom is -0.454 e. The Hall–Kier alpha value is -3.02. The highest BCUT2D eigenvalue weighted by Gasteiger charge is 2.23. The summed E-state index contributed by atoms with van der Waals surface area (Å²) >= 11 is 6.96. The lowest BCUT2D eigenvalue weighted by Crippen LogP contribution is -2.20. The quantitative estimate of drug-likeness (QED) is 0.396. The van der Waals surface area contributed by atoms with Crippen LogP contribution in [0.5, 0.6) is 11.5 Å². The number of nitrogens with zero attached hydrogens (tertiary/aromatic N) is 1. The van der Waals surface area contributed by atoms with Crippen LogP contribution in [-0.2, 0) is 14.6 Å². The van der Waals surface area contributed by atoms with Crippen molar-refractivity contribution in [3.8, 4) is 11.5 Å². The molecule has 0 unspecified atom stereocenters. The van der Waals surface area contributed by atoms with Crippen LogP contribution < -0.4 is 20.3 Å². The molecule has 12 heteroatoms. The van der Waals surface area contributed by atoms with E-state index in [0.717, 1.165) is 18.0 Å². The highest BCUT2D eigenvalue weighted by atomic mass is 35.5. The molecular formula is C20H16ClN3O6S2. The molecule has 1 aliphatic rings. The fourth-order valence-corrected chi connectivity index (χ4v) is 4.94. The fourth-order valence-electron chi connectivity index (χ4n) is 2.80. The number of rotatable bonds is 6. The van der Waals surface area contributed by atoms with Crippen molar-refractivity contribution in [3.63, 3.8) is 0 Å². The highest BCUT2D eigenvalue weighted by Crippen LogP contribution is 2.34. The van der Waals surface area contributed by atoms with Crippen molar-refractivity contribution in [2.45, 2.75) is 21.9 Å². The summed E-state index contributed by atoms with van der Waals surface area (Å²) in [5, 5.41) is 3.08. The Labute approximate surface area is 192 Å². The Bertz CT molecular complexity index is 1370. The number of hydrogen-bond acceptors (Lipinski definition) is 8. The SMILES string of the molecule is Cc1ccc(S(=O)(=O)c2cnc(SCC(=O)Nc3ccc4c(c3)OCO4)[nH]c2=O)cc1Cl. The lowest BCUT2D eigenvalue weighted by molar-refractivity contribution is -0.113. The predicted octanol–water partition coefficient (Wildman–Crippen LogP) is 3.02. The number of aryl methyl sites for hydroxylation is 1. The van der Waals surface area contributed by atoms with Gasteiger partial charge in [-0.15, -0.1) is 0 Å². The highest BCUT2D eigenvalue weighted by molar-refractivity contribution is 7.99. The largest absolute Gasteiger partial charge is 0.454 e. The number of anilines is 1. The standard InChI is InChI=1S/C20H16ClN3O6S2/c1-11-2-4-13(7-14(11)21)32(27,28)17-8-22-20(24-19(17)26)31-9-18(25)23-12-3-5-15-16(6-12)30-10-29-15/h2-8H,9-10H2,1H3,(H,23,25)(H,22,24,26). The number of aromatic nitrogens is 2. The van der Waals surface area contributed by atoms with Crippen molar-refractivity contribution in [2.24, 2.45) is 0 Å². The summed E-state index contributed by atoms with van der Waals surface area (Å²) in [6.45, 7) is 1.87. The van der Waals surface area contributed by atoms with Gasteiger partial charge in [0.25, 0.3) is 5.56 Å². The number of amides is 1. The first kappa shape index (κ1) is 22.2. The van der Waals surface area contributed by atoms with Gasteiger partial charge < -0.3 is 19.8 Å². The monoisotopic (exact) mass is 493 g/mol. The molecule has 2 aromatic carbocycles. The number of carbonyl (C=O) groups is 1. The zero-order chi connectivity index (χ0) is 22.9. The Morgan fingerprint density at radius 3 is 2.75 bits per heavy atom. The summed E-state index contributed by atoms with van der Waals surface area (Å²) in [7, 11) is -4.10. The van der Waals surface area contributed by atoms with Gasteiger partial charge in [0.2, 0.25) is 22.5 Å². The molecule has 32 heavy (non-hydrogen) atoms. The summed E-state index contributed by atoms with van der Waals surface area (Å²) in [6, 6.07) is 9.22. The number of thioether (sulfide) groups is 1. The summed E-state index contributed by atoms with van der Waals surface area (Å²) in [6.07, 6.45) is 0.972. The van der Waals surface area contributed by atoms with Crippen LogP contribution in [0, 0.1) is 6.92 Å². The zero-order valence-electron chi connectivity index (χ0n) is 16.5. The Kier molecular flexibility index (Phi) is 6.13. The normalized spacial score (nSPS) is 12.6. The number of halogens is 1. The molecule has 0 radical (unpaired) electrons. The summed E-state index contributed by atoms with van der Waals surface area (Å²) in [4.78, 5) is 30.4. The lowest BCUT2D eigenvalue weighted by atomic mass is 10.2. The fraction of sp³-hybridized carbons (Fsp3) is 0.150. The zero-order valence-corrected chi connectivity index (χ0v) is 18.9. The third kappa shape index (κ3) is 4.59. The second kappa shape index (κ2) is 8.85. The maximum atomic E-state index is 12.8. The van der Waals surface area contributed by atoms with E-state index in [2.05, 4.69) is 15.3 Å². The molecule has 1 aliphatic heterocycles.